The molecule has 0 bridgehead atoms. The lowest BCUT2D eigenvalue weighted by molar-refractivity contribution is -0.148. The molecule has 356 valence electrons. The number of methoxy groups -OCH3 is 2. The molecule has 15 nitrogen and oxygen atoms in total. The molecule has 6 aromatic rings. The number of nitrogen functional groups attached to an aromatic ring is 1. The van der Waals surface area contributed by atoms with E-state index in [1.54, 1.807) is 33.1 Å². The number of carboxylic acid groups (broad SMARTS) is 1. The van der Waals surface area contributed by atoms with E-state index < -0.39 is 11.9 Å². The molecule has 15 heteroatoms. The summed E-state index contributed by atoms with van der Waals surface area (Å²) in [5, 5.41) is 11.3. The van der Waals surface area contributed by atoms with Crippen LogP contribution in [0.15, 0.2) is 84.9 Å². The van der Waals surface area contributed by atoms with Crippen LogP contribution in [0.25, 0.3) is 21.8 Å². The van der Waals surface area contributed by atoms with Crippen molar-refractivity contribution >= 4 is 63.0 Å². The number of para-hydroxylation sites is 2. The highest BCUT2D eigenvalue weighted by atomic mass is 16.5. The second-order valence-electron chi connectivity index (χ2n) is 18.0. The van der Waals surface area contributed by atoms with Gasteiger partial charge in [0.15, 0.2) is 0 Å². The molecule has 2 aromatic heterocycles. The van der Waals surface area contributed by atoms with Gasteiger partial charge in [-0.25, -0.2) is 24.7 Å². The molecule has 0 amide bonds. The number of anilines is 4. The first-order chi connectivity index (χ1) is 33.1. The second-order valence-corrected chi connectivity index (χ2v) is 18.0. The number of piperidine rings is 2. The Morgan fingerprint density at radius 2 is 1.15 bits per heavy atom. The maximum atomic E-state index is 11.2. The van der Waals surface area contributed by atoms with Crippen LogP contribution < -0.4 is 29.9 Å². The zero-order chi connectivity index (χ0) is 47.7. The number of benzene rings is 4. The molecule has 4 heterocycles. The van der Waals surface area contributed by atoms with Crippen LogP contribution in [0, 0.1) is 0 Å². The quantitative estimate of drug-likeness (QED) is 0.0485. The number of likely N-dealkylation sites (N-methyl/N-ethyl adjacent to an activating group) is 1. The van der Waals surface area contributed by atoms with Gasteiger partial charge in [-0.15, -0.1) is 0 Å². The SMILES string of the molecule is CCOC(=O)C=O.COc1ccccc1C1CCN(c2nc(C3CC3)nc3ccc(N(C)CC(=O)O)cc23)CC1.COc1ccccc1C1CCN(c2nc(C3CC3)nc3ccc(N)cc23)CC1. The van der Waals surface area contributed by atoms with E-state index >= 15 is 0 Å². The number of aliphatic carboxylic acids is 1. The summed E-state index contributed by atoms with van der Waals surface area (Å²) in [6.45, 7) is 5.63. The molecule has 4 aromatic carbocycles. The highest BCUT2D eigenvalue weighted by Crippen LogP contribution is 2.43. The minimum Gasteiger partial charge on any atom is -0.496 e. The minimum absolute atomic E-state index is 0.0494. The number of hydrogen-bond donors (Lipinski definition) is 2. The van der Waals surface area contributed by atoms with E-state index in [0.29, 0.717) is 23.7 Å². The number of ether oxygens (including phenoxy) is 3. The number of nitrogens with zero attached hydrogens (tertiary/aromatic N) is 7. The Hall–Kier alpha value is -7.03. The smallest absolute Gasteiger partial charge is 0.371 e. The van der Waals surface area contributed by atoms with Gasteiger partial charge in [-0.3, -0.25) is 9.59 Å². The average molecular weight is 923 g/mol. The van der Waals surface area contributed by atoms with Crippen molar-refractivity contribution in [2.24, 2.45) is 0 Å². The topological polar surface area (TPSA) is 186 Å². The molecular formula is C53H62N8O7. The highest BCUT2D eigenvalue weighted by Gasteiger charge is 2.32. The van der Waals surface area contributed by atoms with Gasteiger partial charge in [0.2, 0.25) is 6.29 Å². The molecule has 4 fully saturated rings. The van der Waals surface area contributed by atoms with E-state index in [4.69, 9.17) is 35.1 Å². The molecule has 2 saturated carbocycles. The molecule has 4 aliphatic rings. The van der Waals surface area contributed by atoms with Crippen molar-refractivity contribution in [3.05, 3.63) is 108 Å². The number of fused-ring (bicyclic) bond motifs is 2. The number of carboxylic acids is 1. The predicted octanol–water partition coefficient (Wildman–Crippen LogP) is 8.65. The van der Waals surface area contributed by atoms with Gasteiger partial charge in [-0.05, 0) is 130 Å². The summed E-state index contributed by atoms with van der Waals surface area (Å²) in [6.07, 6.45) is 9.10. The van der Waals surface area contributed by atoms with Crippen molar-refractivity contribution in [3.8, 4) is 11.5 Å². The first-order valence-corrected chi connectivity index (χ1v) is 23.8. The van der Waals surface area contributed by atoms with Crippen LogP contribution in [0.4, 0.5) is 23.0 Å². The third-order valence-corrected chi connectivity index (χ3v) is 13.2. The summed E-state index contributed by atoms with van der Waals surface area (Å²) in [5.41, 5.74) is 12.2. The van der Waals surface area contributed by atoms with Gasteiger partial charge in [0.1, 0.15) is 41.3 Å². The van der Waals surface area contributed by atoms with Crippen LogP contribution in [0.5, 0.6) is 11.5 Å². The molecule has 0 spiro atoms. The zero-order valence-electron chi connectivity index (χ0n) is 39.5. The van der Waals surface area contributed by atoms with Crippen molar-refractivity contribution in [1.82, 2.24) is 19.9 Å². The number of rotatable bonds is 13. The summed E-state index contributed by atoms with van der Waals surface area (Å²) in [5.74, 6) is 6.26. The number of carbonyl (C=O) groups is 3. The normalized spacial score (nSPS) is 16.2. The first kappa shape index (κ1) is 47.5. The van der Waals surface area contributed by atoms with Gasteiger partial charge < -0.3 is 39.8 Å². The van der Waals surface area contributed by atoms with Crippen LogP contribution in [0.2, 0.25) is 0 Å². The van der Waals surface area contributed by atoms with E-state index in [0.717, 1.165) is 133 Å². The largest absolute Gasteiger partial charge is 0.496 e. The van der Waals surface area contributed by atoms with Crippen molar-refractivity contribution < 1.29 is 33.7 Å². The van der Waals surface area contributed by atoms with Gasteiger partial charge in [0, 0.05) is 67.2 Å². The second kappa shape index (κ2) is 21.7. The number of aromatic nitrogens is 4. The molecule has 68 heavy (non-hydrogen) atoms. The molecule has 2 aliphatic carbocycles. The summed E-state index contributed by atoms with van der Waals surface area (Å²) < 4.78 is 15.4. The van der Waals surface area contributed by atoms with Crippen LogP contribution in [0.1, 0.15) is 105 Å². The molecule has 3 N–H and O–H groups in total. The van der Waals surface area contributed by atoms with Crippen LogP contribution >= 0.6 is 0 Å². The number of aldehydes is 1. The predicted molar refractivity (Wildman–Crippen MR) is 265 cm³/mol. The van der Waals surface area contributed by atoms with E-state index in [1.807, 2.05) is 54.6 Å². The van der Waals surface area contributed by atoms with Gasteiger partial charge in [-0.2, -0.15) is 0 Å². The molecular weight excluding hydrogens is 861 g/mol. The van der Waals surface area contributed by atoms with Crippen molar-refractivity contribution in [2.75, 3.05) is 81.0 Å². The molecule has 2 aliphatic heterocycles. The Kier molecular flexibility index (Phi) is 15.2. The number of nitrogens with two attached hydrogens (primary N) is 1. The minimum atomic E-state index is -0.850. The van der Waals surface area contributed by atoms with Gasteiger partial charge in [0.25, 0.3) is 0 Å². The van der Waals surface area contributed by atoms with Crippen LogP contribution in [-0.4, -0.2) is 104 Å². The highest BCUT2D eigenvalue weighted by molar-refractivity contribution is 6.20. The summed E-state index contributed by atoms with van der Waals surface area (Å²) >= 11 is 0. The lowest BCUT2D eigenvalue weighted by atomic mass is 9.88. The third kappa shape index (κ3) is 11.4. The zero-order valence-corrected chi connectivity index (χ0v) is 39.5. The van der Waals surface area contributed by atoms with E-state index in [-0.39, 0.29) is 19.4 Å². The number of esters is 1. The van der Waals surface area contributed by atoms with E-state index in [9.17, 15) is 19.5 Å². The van der Waals surface area contributed by atoms with Crippen molar-refractivity contribution in [3.63, 3.8) is 0 Å². The summed E-state index contributed by atoms with van der Waals surface area (Å²) in [4.78, 5) is 56.7. The monoisotopic (exact) mass is 922 g/mol. The Balaban J connectivity index is 0.000000163. The number of hydrogen-bond acceptors (Lipinski definition) is 14. The lowest BCUT2D eigenvalue weighted by Gasteiger charge is -2.34. The van der Waals surface area contributed by atoms with Gasteiger partial charge in [-0.1, -0.05) is 36.4 Å². The van der Waals surface area contributed by atoms with Crippen molar-refractivity contribution in [1.29, 1.82) is 0 Å². The number of carbonyl (C=O) groups excluding carboxylic acids is 2. The Bertz CT molecular complexity index is 2730. The maximum absolute atomic E-state index is 11.2. The molecule has 2 saturated heterocycles. The Morgan fingerprint density at radius 1 is 0.676 bits per heavy atom. The Labute approximate surface area is 397 Å². The molecule has 0 atom stereocenters. The van der Waals surface area contributed by atoms with Gasteiger partial charge in [0.05, 0.1) is 31.9 Å². The molecule has 10 rings (SSSR count). The molecule has 0 unspecified atom stereocenters. The van der Waals surface area contributed by atoms with Crippen molar-refractivity contribution in [2.45, 2.75) is 82.0 Å². The van der Waals surface area contributed by atoms with E-state index in [2.05, 4.69) is 44.9 Å². The van der Waals surface area contributed by atoms with E-state index in [1.165, 1.54) is 24.0 Å². The van der Waals surface area contributed by atoms with Crippen LogP contribution in [0.3, 0.4) is 0 Å². The summed E-state index contributed by atoms with van der Waals surface area (Å²) in [7, 11) is 5.29. The maximum Gasteiger partial charge on any atom is 0.371 e. The fourth-order valence-electron chi connectivity index (χ4n) is 9.32. The Morgan fingerprint density at radius 3 is 1.57 bits per heavy atom. The summed E-state index contributed by atoms with van der Waals surface area (Å²) in [6, 6.07) is 28.7. The fraction of sp³-hybridized carbons (Fsp3) is 0.415. The standard InChI is InChI=1S/C26H30N4O3.C23H26N4O.C4H6O3/c1-29(16-24(31)32)19-9-10-22-21(15-19)26(28-25(27-22)18-7-8-18)30-13-11-17(12-14-30)20-5-3-4-6-23(20)33-2;1-28-21-5-3-2-4-18(21)15-10-12-27(13-11-15)23-19-14-17(24)8-9-20(19)25-22(26-23)16-6-7-16;1-2-7-4(6)3-5/h3-6,9-10,15,17-18H,7-8,11-14,16H2,1-2H3,(H,31,32);2-5,8-9,14-16H,6-7,10-13,24H2,1H3;3H,2H2,1H3. The average Bonchev–Trinajstić information content (AvgIpc) is 4.32. The van der Waals surface area contributed by atoms with Gasteiger partial charge >= 0.3 is 11.9 Å². The van der Waals surface area contributed by atoms with Crippen LogP contribution in [-0.2, 0) is 19.1 Å². The fourth-order valence-corrected chi connectivity index (χ4v) is 9.32. The molecule has 0 radical (unpaired) electrons. The third-order valence-electron chi connectivity index (χ3n) is 13.2. The first-order valence-electron chi connectivity index (χ1n) is 23.8. The lowest BCUT2D eigenvalue weighted by Crippen LogP contribution is -2.34.